The minimum Gasteiger partial charge on any atom is -0.392 e. The third-order valence-electron chi connectivity index (χ3n) is 3.10. The van der Waals surface area contributed by atoms with Gasteiger partial charge < -0.3 is 5.11 Å². The molecule has 4 nitrogen and oxygen atoms in total. The van der Waals surface area contributed by atoms with Gasteiger partial charge in [-0.15, -0.1) is 6.58 Å². The molecule has 0 spiro atoms. The highest BCUT2D eigenvalue weighted by Crippen LogP contribution is 2.36. The molecule has 0 bridgehead atoms. The maximum atomic E-state index is 12.7. The van der Waals surface area contributed by atoms with Crippen LogP contribution in [0.25, 0.3) is 0 Å². The van der Waals surface area contributed by atoms with Crippen molar-refractivity contribution in [3.05, 3.63) is 40.4 Å². The zero-order valence-electron chi connectivity index (χ0n) is 10.7. The summed E-state index contributed by atoms with van der Waals surface area (Å²) < 4.78 is 26.8. The monoisotopic (exact) mass is 335 g/mol. The van der Waals surface area contributed by atoms with E-state index in [0.717, 1.165) is 12.8 Å². The molecule has 1 N–H and O–H groups in total. The molecule has 0 heterocycles. The van der Waals surface area contributed by atoms with E-state index < -0.39 is 10.0 Å². The van der Waals surface area contributed by atoms with Gasteiger partial charge in [0, 0.05) is 17.6 Å². The van der Waals surface area contributed by atoms with E-state index in [1.54, 1.807) is 6.08 Å². The van der Waals surface area contributed by atoms with Gasteiger partial charge in [0.2, 0.25) is 10.0 Å². The van der Waals surface area contributed by atoms with Crippen LogP contribution in [-0.4, -0.2) is 30.4 Å². The molecular formula is C13H15Cl2NO3S. The lowest BCUT2D eigenvalue weighted by atomic mass is 10.2. The maximum absolute atomic E-state index is 12.7. The molecule has 2 rings (SSSR count). The van der Waals surface area contributed by atoms with Crippen LogP contribution in [0.5, 0.6) is 0 Å². The number of hydrogen-bond donors (Lipinski definition) is 1. The first-order valence-electron chi connectivity index (χ1n) is 6.13. The lowest BCUT2D eigenvalue weighted by Crippen LogP contribution is -2.33. The van der Waals surface area contributed by atoms with Gasteiger partial charge in [-0.3, -0.25) is 0 Å². The summed E-state index contributed by atoms with van der Waals surface area (Å²) in [7, 11) is -3.75. The SMILES string of the molecule is C=CCN(C1CC1)S(=O)(=O)c1cc(Cl)cc(CO)c1Cl. The van der Waals surface area contributed by atoms with Gasteiger partial charge >= 0.3 is 0 Å². The molecule has 1 fully saturated rings. The molecule has 1 aromatic carbocycles. The standard InChI is InChI=1S/C13H15Cl2NO3S/c1-2-5-16(11-3-4-11)20(18,19)12-7-10(14)6-9(8-17)13(12)15/h2,6-7,11,17H,1,3-5,8H2. The van der Waals surface area contributed by atoms with E-state index in [2.05, 4.69) is 6.58 Å². The maximum Gasteiger partial charge on any atom is 0.245 e. The molecule has 1 aliphatic rings. The lowest BCUT2D eigenvalue weighted by Gasteiger charge is -2.21. The summed E-state index contributed by atoms with van der Waals surface area (Å²) in [6.45, 7) is 3.44. The Labute approximate surface area is 128 Å². The second-order valence-corrected chi connectivity index (χ2v) is 7.30. The summed E-state index contributed by atoms with van der Waals surface area (Å²) in [5.74, 6) is 0. The number of sulfonamides is 1. The van der Waals surface area contributed by atoms with Crippen molar-refractivity contribution in [2.24, 2.45) is 0 Å². The third kappa shape index (κ3) is 3.02. The van der Waals surface area contributed by atoms with E-state index >= 15 is 0 Å². The van der Waals surface area contributed by atoms with Crippen molar-refractivity contribution in [1.29, 1.82) is 0 Å². The molecule has 1 aromatic rings. The van der Waals surface area contributed by atoms with Crippen LogP contribution in [0.3, 0.4) is 0 Å². The highest BCUT2D eigenvalue weighted by atomic mass is 35.5. The zero-order valence-corrected chi connectivity index (χ0v) is 13.0. The summed E-state index contributed by atoms with van der Waals surface area (Å²) >= 11 is 12.0. The molecule has 1 saturated carbocycles. The van der Waals surface area contributed by atoms with Crippen molar-refractivity contribution in [1.82, 2.24) is 4.31 Å². The zero-order chi connectivity index (χ0) is 14.9. The van der Waals surface area contributed by atoms with E-state index in [0.29, 0.717) is 5.56 Å². The van der Waals surface area contributed by atoms with Crippen molar-refractivity contribution in [3.8, 4) is 0 Å². The molecule has 0 unspecified atom stereocenters. The molecular weight excluding hydrogens is 321 g/mol. The molecule has 0 radical (unpaired) electrons. The van der Waals surface area contributed by atoms with Crippen molar-refractivity contribution >= 4 is 33.2 Å². The first-order chi connectivity index (χ1) is 9.41. The Morgan fingerprint density at radius 2 is 2.05 bits per heavy atom. The first-order valence-corrected chi connectivity index (χ1v) is 8.33. The molecule has 20 heavy (non-hydrogen) atoms. The highest BCUT2D eigenvalue weighted by molar-refractivity contribution is 7.89. The Kier molecular flexibility index (Phi) is 4.76. The van der Waals surface area contributed by atoms with Crippen LogP contribution in [0.1, 0.15) is 18.4 Å². The Bertz CT molecular complexity index is 627. The van der Waals surface area contributed by atoms with Crippen LogP contribution in [0.2, 0.25) is 10.0 Å². The van der Waals surface area contributed by atoms with E-state index in [9.17, 15) is 13.5 Å². The molecule has 0 atom stereocenters. The topological polar surface area (TPSA) is 57.6 Å². The molecule has 7 heteroatoms. The van der Waals surface area contributed by atoms with E-state index in [1.807, 2.05) is 0 Å². The van der Waals surface area contributed by atoms with E-state index in [4.69, 9.17) is 23.2 Å². The fraction of sp³-hybridized carbons (Fsp3) is 0.385. The number of rotatable bonds is 6. The van der Waals surface area contributed by atoms with E-state index in [-0.39, 0.29) is 34.1 Å². The molecule has 0 saturated heterocycles. The van der Waals surface area contributed by atoms with Crippen LogP contribution in [0, 0.1) is 0 Å². The summed E-state index contributed by atoms with van der Waals surface area (Å²) in [6.07, 6.45) is 3.21. The largest absolute Gasteiger partial charge is 0.392 e. The fourth-order valence-electron chi connectivity index (χ4n) is 1.98. The van der Waals surface area contributed by atoms with Crippen molar-refractivity contribution in [2.75, 3.05) is 6.54 Å². The molecule has 0 aliphatic heterocycles. The minimum atomic E-state index is -3.75. The number of aliphatic hydroxyl groups excluding tert-OH is 1. The predicted molar refractivity (Wildman–Crippen MR) is 79.5 cm³/mol. The van der Waals surface area contributed by atoms with Crippen LogP contribution in [-0.2, 0) is 16.6 Å². The summed E-state index contributed by atoms with van der Waals surface area (Å²) in [4.78, 5) is -0.0653. The summed E-state index contributed by atoms with van der Waals surface area (Å²) in [5.41, 5.74) is 0.298. The predicted octanol–water partition coefficient (Wildman–Crippen LogP) is 2.82. The molecule has 0 aromatic heterocycles. The van der Waals surface area contributed by atoms with Gasteiger partial charge in [0.05, 0.1) is 11.6 Å². The van der Waals surface area contributed by atoms with Crippen LogP contribution < -0.4 is 0 Å². The normalized spacial score (nSPS) is 15.6. The Balaban J connectivity index is 2.52. The van der Waals surface area contributed by atoms with Crippen LogP contribution in [0.4, 0.5) is 0 Å². The first kappa shape index (κ1) is 15.8. The number of benzene rings is 1. The van der Waals surface area contributed by atoms with Gasteiger partial charge in [-0.2, -0.15) is 4.31 Å². The average molecular weight is 336 g/mol. The lowest BCUT2D eigenvalue weighted by molar-refractivity contribution is 0.281. The van der Waals surface area contributed by atoms with E-state index in [1.165, 1.54) is 16.4 Å². The van der Waals surface area contributed by atoms with Gasteiger partial charge in [-0.1, -0.05) is 29.3 Å². The van der Waals surface area contributed by atoms with Gasteiger partial charge in [0.15, 0.2) is 0 Å². The molecule has 0 amide bonds. The highest BCUT2D eigenvalue weighted by Gasteiger charge is 2.38. The average Bonchev–Trinajstić information content (AvgIpc) is 3.22. The number of halogens is 2. The van der Waals surface area contributed by atoms with Gasteiger partial charge in [-0.25, -0.2) is 8.42 Å². The third-order valence-corrected chi connectivity index (χ3v) is 5.82. The molecule has 110 valence electrons. The summed E-state index contributed by atoms with van der Waals surface area (Å²) in [6, 6.07) is 2.76. The fourth-order valence-corrected chi connectivity index (χ4v) is 4.54. The smallest absolute Gasteiger partial charge is 0.245 e. The Morgan fingerprint density at radius 1 is 1.40 bits per heavy atom. The van der Waals surface area contributed by atoms with Crippen molar-refractivity contribution in [3.63, 3.8) is 0 Å². The summed E-state index contributed by atoms with van der Waals surface area (Å²) in [5, 5.41) is 9.48. The van der Waals surface area contributed by atoms with Crippen LogP contribution >= 0.6 is 23.2 Å². The van der Waals surface area contributed by atoms with Crippen molar-refractivity contribution < 1.29 is 13.5 Å². The number of nitrogens with zero attached hydrogens (tertiary/aromatic N) is 1. The number of hydrogen-bond acceptors (Lipinski definition) is 3. The van der Waals surface area contributed by atoms with Crippen molar-refractivity contribution in [2.45, 2.75) is 30.4 Å². The van der Waals surface area contributed by atoms with Gasteiger partial charge in [-0.05, 0) is 30.5 Å². The van der Waals surface area contributed by atoms with Gasteiger partial charge in [0.1, 0.15) is 4.90 Å². The minimum absolute atomic E-state index is 0.00868. The van der Waals surface area contributed by atoms with Gasteiger partial charge in [0.25, 0.3) is 0 Å². The van der Waals surface area contributed by atoms with Crippen LogP contribution in [0.15, 0.2) is 29.7 Å². The number of aliphatic hydroxyl groups is 1. The Morgan fingerprint density at radius 3 is 2.55 bits per heavy atom. The Hall–Kier alpha value is -0.590. The quantitative estimate of drug-likeness (QED) is 0.813. The second kappa shape index (κ2) is 6.03. The second-order valence-electron chi connectivity index (χ2n) is 4.63. The molecule has 1 aliphatic carbocycles.